The number of piperazine rings is 1. The largest absolute Gasteiger partial charge is 0.496 e. The average Bonchev–Trinajstić information content (AvgIpc) is 2.52. The Kier molecular flexibility index (Phi) is 5.74. The summed E-state index contributed by atoms with van der Waals surface area (Å²) in [7, 11) is 1.54. The first kappa shape index (κ1) is 18.6. The van der Waals surface area contributed by atoms with Crippen molar-refractivity contribution in [2.45, 2.75) is 26.4 Å². The van der Waals surface area contributed by atoms with Crippen molar-refractivity contribution in [1.82, 2.24) is 9.80 Å². The molecule has 6 nitrogen and oxygen atoms in total. The van der Waals surface area contributed by atoms with Crippen LogP contribution >= 0.6 is 15.9 Å². The van der Waals surface area contributed by atoms with Crippen molar-refractivity contribution < 1.29 is 19.1 Å². The Morgan fingerprint density at radius 2 is 1.67 bits per heavy atom. The first-order valence-electron chi connectivity index (χ1n) is 7.82. The highest BCUT2D eigenvalue weighted by molar-refractivity contribution is 9.10. The molecule has 7 heteroatoms. The van der Waals surface area contributed by atoms with E-state index in [0.717, 1.165) is 4.47 Å². The van der Waals surface area contributed by atoms with Gasteiger partial charge in [0.15, 0.2) is 0 Å². The summed E-state index contributed by atoms with van der Waals surface area (Å²) in [6.07, 6.45) is -0.338. The highest BCUT2D eigenvalue weighted by atomic mass is 79.9. The predicted octanol–water partition coefficient (Wildman–Crippen LogP) is 3.15. The molecule has 0 saturated carbocycles. The second kappa shape index (κ2) is 7.42. The quantitative estimate of drug-likeness (QED) is 0.767. The maximum atomic E-state index is 12.7. The normalized spacial score (nSPS) is 15.2. The zero-order chi connectivity index (χ0) is 17.9. The molecule has 0 aromatic heterocycles. The maximum absolute atomic E-state index is 12.7. The van der Waals surface area contributed by atoms with E-state index in [0.29, 0.717) is 37.5 Å². The van der Waals surface area contributed by atoms with Gasteiger partial charge in [-0.15, -0.1) is 0 Å². The molecule has 1 saturated heterocycles. The molecule has 2 amide bonds. The monoisotopic (exact) mass is 398 g/mol. The molecule has 0 N–H and O–H groups in total. The van der Waals surface area contributed by atoms with Crippen molar-refractivity contribution >= 4 is 27.9 Å². The van der Waals surface area contributed by atoms with Crippen LogP contribution < -0.4 is 4.74 Å². The third-order valence-electron chi connectivity index (χ3n) is 3.61. The topological polar surface area (TPSA) is 59.1 Å². The Morgan fingerprint density at radius 1 is 1.08 bits per heavy atom. The van der Waals surface area contributed by atoms with Crippen LogP contribution in [0.2, 0.25) is 0 Å². The van der Waals surface area contributed by atoms with Crippen LogP contribution in [0.1, 0.15) is 31.1 Å². The number of hydrogen-bond donors (Lipinski definition) is 0. The van der Waals surface area contributed by atoms with Crippen molar-refractivity contribution in [3.05, 3.63) is 28.2 Å². The Morgan fingerprint density at radius 3 is 2.21 bits per heavy atom. The van der Waals surface area contributed by atoms with Gasteiger partial charge in [-0.3, -0.25) is 4.79 Å². The summed E-state index contributed by atoms with van der Waals surface area (Å²) >= 11 is 3.38. The Hall–Kier alpha value is -1.76. The first-order chi connectivity index (χ1) is 11.2. The molecule has 1 fully saturated rings. The molecule has 0 atom stereocenters. The Labute approximate surface area is 150 Å². The standard InChI is InChI=1S/C17H23BrN2O4/c1-17(2,3)24-16(22)20-9-7-19(8-10-20)15(21)13-11-12(18)5-6-14(13)23-4/h5-6,11H,7-10H2,1-4H3. The van der Waals surface area contributed by atoms with Gasteiger partial charge in [0.2, 0.25) is 0 Å². The molecule has 132 valence electrons. The molecule has 1 aliphatic rings. The maximum Gasteiger partial charge on any atom is 0.410 e. The number of hydrogen-bond acceptors (Lipinski definition) is 4. The number of rotatable bonds is 2. The third-order valence-corrected chi connectivity index (χ3v) is 4.10. The van der Waals surface area contributed by atoms with Gasteiger partial charge in [-0.05, 0) is 39.0 Å². The van der Waals surface area contributed by atoms with Gasteiger partial charge in [0.25, 0.3) is 5.91 Å². The highest BCUT2D eigenvalue weighted by Gasteiger charge is 2.29. The van der Waals surface area contributed by atoms with Gasteiger partial charge in [0.1, 0.15) is 11.4 Å². The van der Waals surface area contributed by atoms with Crippen molar-refractivity contribution in [2.75, 3.05) is 33.3 Å². The number of halogens is 1. The number of ether oxygens (including phenoxy) is 2. The molecule has 0 bridgehead atoms. The van der Waals surface area contributed by atoms with E-state index in [1.54, 1.807) is 29.0 Å². The molecule has 1 aromatic rings. The number of carbonyl (C=O) groups excluding carboxylic acids is 2. The number of amides is 2. The smallest absolute Gasteiger partial charge is 0.410 e. The summed E-state index contributed by atoms with van der Waals surface area (Å²) < 4.78 is 11.5. The van der Waals surface area contributed by atoms with E-state index in [1.165, 1.54) is 0 Å². The van der Waals surface area contributed by atoms with E-state index < -0.39 is 5.60 Å². The lowest BCUT2D eigenvalue weighted by molar-refractivity contribution is 0.0140. The van der Waals surface area contributed by atoms with Gasteiger partial charge in [0, 0.05) is 30.7 Å². The third kappa shape index (κ3) is 4.63. The molecule has 1 aromatic carbocycles. The van der Waals surface area contributed by atoms with E-state index in [1.807, 2.05) is 26.8 Å². The predicted molar refractivity (Wildman–Crippen MR) is 94.4 cm³/mol. The molecule has 24 heavy (non-hydrogen) atoms. The highest BCUT2D eigenvalue weighted by Crippen LogP contribution is 2.25. The van der Waals surface area contributed by atoms with Gasteiger partial charge in [-0.1, -0.05) is 15.9 Å². The van der Waals surface area contributed by atoms with Crippen molar-refractivity contribution in [2.24, 2.45) is 0 Å². The Balaban J connectivity index is 2.01. The summed E-state index contributed by atoms with van der Waals surface area (Å²) in [5.41, 5.74) is -0.00846. The molecular formula is C17H23BrN2O4. The van der Waals surface area contributed by atoms with E-state index >= 15 is 0 Å². The van der Waals surface area contributed by atoms with Gasteiger partial charge < -0.3 is 19.3 Å². The minimum absolute atomic E-state index is 0.100. The summed E-state index contributed by atoms with van der Waals surface area (Å²) in [6.45, 7) is 7.36. The van der Waals surface area contributed by atoms with Crippen molar-refractivity contribution in [3.8, 4) is 5.75 Å². The summed E-state index contributed by atoms with van der Waals surface area (Å²) in [6, 6.07) is 5.34. The van der Waals surface area contributed by atoms with Crippen LogP contribution in [0.4, 0.5) is 4.79 Å². The zero-order valence-corrected chi connectivity index (χ0v) is 16.1. The molecule has 1 heterocycles. The lowest BCUT2D eigenvalue weighted by Gasteiger charge is -2.35. The van der Waals surface area contributed by atoms with Crippen molar-refractivity contribution in [3.63, 3.8) is 0 Å². The van der Waals surface area contributed by atoms with Crippen LogP contribution in [0.15, 0.2) is 22.7 Å². The minimum atomic E-state index is -0.520. The Bertz CT molecular complexity index is 620. The molecule has 0 unspecified atom stereocenters. The number of carbonyl (C=O) groups is 2. The van der Waals surface area contributed by atoms with Gasteiger partial charge in [-0.25, -0.2) is 4.79 Å². The zero-order valence-electron chi connectivity index (χ0n) is 14.5. The van der Waals surface area contributed by atoms with Crippen molar-refractivity contribution in [1.29, 1.82) is 0 Å². The fourth-order valence-electron chi connectivity index (χ4n) is 2.44. The fourth-order valence-corrected chi connectivity index (χ4v) is 2.80. The molecule has 0 spiro atoms. The van der Waals surface area contributed by atoms with Crippen LogP contribution in [0.25, 0.3) is 0 Å². The van der Waals surface area contributed by atoms with Gasteiger partial charge in [-0.2, -0.15) is 0 Å². The average molecular weight is 399 g/mol. The number of benzene rings is 1. The second-order valence-electron chi connectivity index (χ2n) is 6.60. The molecular weight excluding hydrogens is 376 g/mol. The van der Waals surface area contributed by atoms with E-state index in [9.17, 15) is 9.59 Å². The molecule has 0 aliphatic carbocycles. The van der Waals surface area contributed by atoms with Crippen LogP contribution in [0.5, 0.6) is 5.75 Å². The van der Waals surface area contributed by atoms with Gasteiger partial charge >= 0.3 is 6.09 Å². The van der Waals surface area contributed by atoms with Crippen LogP contribution in [0, 0.1) is 0 Å². The molecule has 0 radical (unpaired) electrons. The summed E-state index contributed by atoms with van der Waals surface area (Å²) in [5, 5.41) is 0. The van der Waals surface area contributed by atoms with E-state index in [4.69, 9.17) is 9.47 Å². The van der Waals surface area contributed by atoms with Crippen LogP contribution in [-0.2, 0) is 4.74 Å². The fraction of sp³-hybridized carbons (Fsp3) is 0.529. The lowest BCUT2D eigenvalue weighted by Crippen LogP contribution is -2.51. The van der Waals surface area contributed by atoms with Crippen LogP contribution in [0.3, 0.4) is 0 Å². The second-order valence-corrected chi connectivity index (χ2v) is 7.52. The first-order valence-corrected chi connectivity index (χ1v) is 8.61. The number of nitrogens with zero attached hydrogens (tertiary/aromatic N) is 2. The summed E-state index contributed by atoms with van der Waals surface area (Å²) in [4.78, 5) is 28.2. The molecule has 1 aliphatic heterocycles. The number of methoxy groups -OCH3 is 1. The molecule has 2 rings (SSSR count). The SMILES string of the molecule is COc1ccc(Br)cc1C(=O)N1CCN(C(=O)OC(C)(C)C)CC1. The lowest BCUT2D eigenvalue weighted by atomic mass is 10.1. The minimum Gasteiger partial charge on any atom is -0.496 e. The van der Waals surface area contributed by atoms with Crippen LogP contribution in [-0.4, -0.2) is 60.7 Å². The van der Waals surface area contributed by atoms with Gasteiger partial charge in [0.05, 0.1) is 12.7 Å². The van der Waals surface area contributed by atoms with E-state index in [2.05, 4.69) is 15.9 Å². The summed E-state index contributed by atoms with van der Waals surface area (Å²) in [5.74, 6) is 0.440. The van der Waals surface area contributed by atoms with E-state index in [-0.39, 0.29) is 12.0 Å².